The summed E-state index contributed by atoms with van der Waals surface area (Å²) in [5, 5.41) is 14.0. The monoisotopic (exact) mass is 354 g/mol. The van der Waals surface area contributed by atoms with Gasteiger partial charge in [0.1, 0.15) is 5.75 Å². The first-order valence-electron chi connectivity index (χ1n) is 6.54. The molecular weight excluding hydrogens is 343 g/mol. The van der Waals surface area contributed by atoms with Crippen LogP contribution in [0.15, 0.2) is 42.5 Å². The second-order valence-electron chi connectivity index (χ2n) is 4.62. The normalized spacial score (nSPS) is 11.6. The molecule has 0 bridgehead atoms. The lowest BCUT2D eigenvalue weighted by molar-refractivity contribution is -0.384. The predicted molar refractivity (Wildman–Crippen MR) is 88.3 cm³/mol. The lowest BCUT2D eigenvalue weighted by atomic mass is 10.2. The molecule has 0 aromatic heterocycles. The highest BCUT2D eigenvalue weighted by Crippen LogP contribution is 2.26. The Morgan fingerprint density at radius 2 is 1.87 bits per heavy atom. The Morgan fingerprint density at radius 1 is 1.22 bits per heavy atom. The molecule has 0 saturated carbocycles. The molecule has 0 aliphatic rings. The van der Waals surface area contributed by atoms with Gasteiger partial charge < -0.3 is 10.1 Å². The van der Waals surface area contributed by atoms with Crippen LogP contribution in [0.5, 0.6) is 5.75 Å². The maximum atomic E-state index is 12.1. The van der Waals surface area contributed by atoms with Crippen molar-refractivity contribution >= 4 is 40.5 Å². The van der Waals surface area contributed by atoms with Gasteiger partial charge in [0, 0.05) is 17.2 Å². The molecule has 2 aromatic rings. The van der Waals surface area contributed by atoms with Crippen molar-refractivity contribution in [1.82, 2.24) is 0 Å². The van der Waals surface area contributed by atoms with Gasteiger partial charge in [-0.25, -0.2) is 0 Å². The van der Waals surface area contributed by atoms with Crippen molar-refractivity contribution in [3.8, 4) is 5.75 Å². The standard InChI is InChI=1S/C15H12Cl2N2O4/c1-9(23-12-5-3-11(4-6-12)19(21)22)15(20)18-14-8-10(16)2-7-13(14)17/h2-9H,1H3,(H,18,20). The zero-order valence-electron chi connectivity index (χ0n) is 12.0. The van der Waals surface area contributed by atoms with Crippen LogP contribution in [0, 0.1) is 10.1 Å². The van der Waals surface area contributed by atoms with E-state index in [1.807, 2.05) is 0 Å². The molecule has 6 nitrogen and oxygen atoms in total. The zero-order valence-corrected chi connectivity index (χ0v) is 13.5. The van der Waals surface area contributed by atoms with Crippen molar-refractivity contribution in [3.63, 3.8) is 0 Å². The molecule has 23 heavy (non-hydrogen) atoms. The molecule has 1 N–H and O–H groups in total. The highest BCUT2D eigenvalue weighted by atomic mass is 35.5. The van der Waals surface area contributed by atoms with Crippen LogP contribution in [0.2, 0.25) is 10.0 Å². The van der Waals surface area contributed by atoms with Crippen LogP contribution < -0.4 is 10.1 Å². The quantitative estimate of drug-likeness (QED) is 0.640. The number of nitrogens with one attached hydrogen (secondary N) is 1. The number of anilines is 1. The van der Waals surface area contributed by atoms with Gasteiger partial charge >= 0.3 is 0 Å². The van der Waals surface area contributed by atoms with Crippen LogP contribution in [0.25, 0.3) is 0 Å². The molecular formula is C15H12Cl2N2O4. The second kappa shape index (κ2) is 7.30. The number of nitro benzene ring substituents is 1. The summed E-state index contributed by atoms with van der Waals surface area (Å²) in [5.41, 5.74) is 0.323. The minimum Gasteiger partial charge on any atom is -0.481 e. The Kier molecular flexibility index (Phi) is 5.41. The summed E-state index contributed by atoms with van der Waals surface area (Å²) in [6, 6.07) is 10.2. The Labute approximate surface area is 142 Å². The predicted octanol–water partition coefficient (Wildman–Crippen LogP) is 4.31. The van der Waals surface area contributed by atoms with Crippen LogP contribution in [-0.2, 0) is 4.79 Å². The van der Waals surface area contributed by atoms with E-state index in [4.69, 9.17) is 27.9 Å². The summed E-state index contributed by atoms with van der Waals surface area (Å²) in [4.78, 5) is 22.2. The lowest BCUT2D eigenvalue weighted by Gasteiger charge is -2.15. The van der Waals surface area contributed by atoms with E-state index in [1.165, 1.54) is 30.3 Å². The van der Waals surface area contributed by atoms with E-state index < -0.39 is 16.9 Å². The molecule has 2 aromatic carbocycles. The third-order valence-electron chi connectivity index (χ3n) is 2.92. The number of halogens is 2. The minimum absolute atomic E-state index is 0.0554. The SMILES string of the molecule is CC(Oc1ccc([N+](=O)[O-])cc1)C(=O)Nc1cc(Cl)ccc1Cl. The first kappa shape index (κ1) is 17.1. The molecule has 0 heterocycles. The van der Waals surface area contributed by atoms with Gasteiger partial charge in [0.05, 0.1) is 15.6 Å². The van der Waals surface area contributed by atoms with E-state index in [1.54, 1.807) is 19.1 Å². The van der Waals surface area contributed by atoms with Gasteiger partial charge in [-0.05, 0) is 37.3 Å². The summed E-state index contributed by atoms with van der Waals surface area (Å²) in [7, 11) is 0. The van der Waals surface area contributed by atoms with Gasteiger partial charge in [-0.3, -0.25) is 14.9 Å². The third-order valence-corrected chi connectivity index (χ3v) is 3.48. The zero-order chi connectivity index (χ0) is 17.0. The molecule has 120 valence electrons. The van der Waals surface area contributed by atoms with E-state index in [9.17, 15) is 14.9 Å². The highest BCUT2D eigenvalue weighted by Gasteiger charge is 2.17. The number of benzene rings is 2. The number of nitro groups is 1. The molecule has 0 spiro atoms. The number of ether oxygens (including phenoxy) is 1. The first-order chi connectivity index (χ1) is 10.9. The van der Waals surface area contributed by atoms with Gasteiger partial charge in [-0.2, -0.15) is 0 Å². The van der Waals surface area contributed by atoms with Gasteiger partial charge in [0.25, 0.3) is 11.6 Å². The summed E-state index contributed by atoms with van der Waals surface area (Å²) in [6.07, 6.45) is -0.827. The molecule has 0 fully saturated rings. The molecule has 1 amide bonds. The average molecular weight is 355 g/mol. The number of carbonyl (C=O) groups is 1. The van der Waals surface area contributed by atoms with Crippen molar-refractivity contribution in [3.05, 3.63) is 62.6 Å². The lowest BCUT2D eigenvalue weighted by Crippen LogP contribution is -2.30. The maximum absolute atomic E-state index is 12.1. The molecule has 2 rings (SSSR count). The van der Waals surface area contributed by atoms with Crippen molar-refractivity contribution in [2.24, 2.45) is 0 Å². The largest absolute Gasteiger partial charge is 0.481 e. The third kappa shape index (κ3) is 4.58. The van der Waals surface area contributed by atoms with Crippen LogP contribution in [0.4, 0.5) is 11.4 Å². The minimum atomic E-state index is -0.827. The number of hydrogen-bond donors (Lipinski definition) is 1. The van der Waals surface area contributed by atoms with E-state index in [0.717, 1.165) is 0 Å². The van der Waals surface area contributed by atoms with Gasteiger partial charge in [0.15, 0.2) is 6.10 Å². The summed E-state index contributed by atoms with van der Waals surface area (Å²) >= 11 is 11.8. The maximum Gasteiger partial charge on any atom is 0.269 e. The number of nitrogens with zero attached hydrogens (tertiary/aromatic N) is 1. The Morgan fingerprint density at radius 3 is 2.48 bits per heavy atom. The number of hydrogen-bond acceptors (Lipinski definition) is 4. The van der Waals surface area contributed by atoms with E-state index >= 15 is 0 Å². The highest BCUT2D eigenvalue weighted by molar-refractivity contribution is 6.35. The van der Waals surface area contributed by atoms with Crippen LogP contribution >= 0.6 is 23.2 Å². The molecule has 0 aliphatic carbocycles. The van der Waals surface area contributed by atoms with Crippen LogP contribution in [0.3, 0.4) is 0 Å². The molecule has 1 unspecified atom stereocenters. The van der Waals surface area contributed by atoms with Gasteiger partial charge in [0.2, 0.25) is 0 Å². The van der Waals surface area contributed by atoms with Crippen molar-refractivity contribution in [2.75, 3.05) is 5.32 Å². The van der Waals surface area contributed by atoms with Gasteiger partial charge in [-0.15, -0.1) is 0 Å². The molecule has 0 radical (unpaired) electrons. The fourth-order valence-corrected chi connectivity index (χ4v) is 2.07. The molecule has 0 saturated heterocycles. The second-order valence-corrected chi connectivity index (χ2v) is 5.47. The van der Waals surface area contributed by atoms with Crippen LogP contribution in [0.1, 0.15) is 6.92 Å². The fraction of sp³-hybridized carbons (Fsp3) is 0.133. The Hall–Kier alpha value is -2.31. The average Bonchev–Trinajstić information content (AvgIpc) is 2.51. The topological polar surface area (TPSA) is 81.5 Å². The van der Waals surface area contributed by atoms with E-state index in [0.29, 0.717) is 21.5 Å². The fourth-order valence-electron chi connectivity index (χ4n) is 1.73. The first-order valence-corrected chi connectivity index (χ1v) is 7.29. The van der Waals surface area contributed by atoms with E-state index in [2.05, 4.69) is 5.32 Å². The summed E-state index contributed by atoms with van der Waals surface area (Å²) in [6.45, 7) is 1.55. The van der Waals surface area contributed by atoms with Crippen molar-refractivity contribution < 1.29 is 14.5 Å². The van der Waals surface area contributed by atoms with Crippen LogP contribution in [-0.4, -0.2) is 16.9 Å². The Balaban J connectivity index is 2.02. The number of non-ortho nitro benzene ring substituents is 1. The number of rotatable bonds is 5. The smallest absolute Gasteiger partial charge is 0.269 e. The summed E-state index contributed by atoms with van der Waals surface area (Å²) < 4.78 is 5.44. The molecule has 1 atom stereocenters. The summed E-state index contributed by atoms with van der Waals surface area (Å²) in [5.74, 6) is -0.0806. The molecule has 8 heteroatoms. The number of carbonyl (C=O) groups excluding carboxylic acids is 1. The van der Waals surface area contributed by atoms with Crippen molar-refractivity contribution in [1.29, 1.82) is 0 Å². The number of amides is 1. The van der Waals surface area contributed by atoms with Gasteiger partial charge in [-0.1, -0.05) is 23.2 Å². The Bertz CT molecular complexity index is 735. The van der Waals surface area contributed by atoms with Crippen molar-refractivity contribution in [2.45, 2.75) is 13.0 Å². The van der Waals surface area contributed by atoms with E-state index in [-0.39, 0.29) is 5.69 Å². The molecule has 0 aliphatic heterocycles.